The Morgan fingerprint density at radius 3 is 2.39 bits per heavy atom. The molecule has 18 heavy (non-hydrogen) atoms. The molecule has 1 fully saturated rings. The molecule has 1 aromatic carbocycles. The second-order valence-corrected chi connectivity index (χ2v) is 5.86. The molecule has 1 aromatic rings. The molecule has 0 amide bonds. The van der Waals surface area contributed by atoms with Crippen molar-refractivity contribution in [2.75, 3.05) is 6.54 Å². The van der Waals surface area contributed by atoms with Crippen LogP contribution in [0, 0.1) is 11.3 Å². The van der Waals surface area contributed by atoms with Crippen LogP contribution in [0.3, 0.4) is 0 Å². The lowest BCUT2D eigenvalue weighted by molar-refractivity contribution is 0.322. The molecule has 1 saturated carbocycles. The van der Waals surface area contributed by atoms with Gasteiger partial charge in [-0.1, -0.05) is 19.9 Å². The van der Waals surface area contributed by atoms with Gasteiger partial charge in [-0.2, -0.15) is 0 Å². The van der Waals surface area contributed by atoms with Crippen LogP contribution in [0.15, 0.2) is 18.2 Å². The van der Waals surface area contributed by atoms with Gasteiger partial charge in [0.05, 0.1) is 0 Å². The molecule has 3 nitrogen and oxygen atoms in total. The fourth-order valence-corrected chi connectivity index (χ4v) is 2.48. The molecule has 0 saturated heterocycles. The molecule has 1 unspecified atom stereocenters. The van der Waals surface area contributed by atoms with Gasteiger partial charge >= 0.3 is 0 Å². The van der Waals surface area contributed by atoms with E-state index >= 15 is 0 Å². The number of phenolic OH excluding ortho intramolecular Hbond substituents is 2. The summed E-state index contributed by atoms with van der Waals surface area (Å²) in [6.07, 6.45) is 2.60. The Labute approximate surface area is 109 Å². The normalized spacial score (nSPS) is 18.9. The standard InChI is InChI=1S/C15H23NO2/c1-10(2)15(6-7-15)9-16-11(3)13-5-4-12(17)8-14(13)18/h4-5,8,10-11,16-18H,6-7,9H2,1-3H3. The van der Waals surface area contributed by atoms with Crippen LogP contribution in [0.2, 0.25) is 0 Å². The average Bonchev–Trinajstić information content (AvgIpc) is 3.07. The summed E-state index contributed by atoms with van der Waals surface area (Å²) in [5.74, 6) is 0.958. The summed E-state index contributed by atoms with van der Waals surface area (Å²) in [5.41, 5.74) is 1.30. The number of phenols is 2. The summed E-state index contributed by atoms with van der Waals surface area (Å²) < 4.78 is 0. The van der Waals surface area contributed by atoms with Crippen molar-refractivity contribution < 1.29 is 10.2 Å². The van der Waals surface area contributed by atoms with E-state index in [0.717, 1.165) is 12.1 Å². The van der Waals surface area contributed by atoms with Crippen molar-refractivity contribution in [3.8, 4) is 11.5 Å². The molecule has 2 rings (SSSR count). The molecule has 0 radical (unpaired) electrons. The first-order valence-electron chi connectivity index (χ1n) is 6.70. The minimum Gasteiger partial charge on any atom is -0.508 e. The highest BCUT2D eigenvalue weighted by atomic mass is 16.3. The molecule has 3 heteroatoms. The fourth-order valence-electron chi connectivity index (χ4n) is 2.48. The lowest BCUT2D eigenvalue weighted by Crippen LogP contribution is -2.29. The molecular weight excluding hydrogens is 226 g/mol. The van der Waals surface area contributed by atoms with Gasteiger partial charge in [-0.3, -0.25) is 0 Å². The summed E-state index contributed by atoms with van der Waals surface area (Å²) in [6.45, 7) is 7.59. The average molecular weight is 249 g/mol. The summed E-state index contributed by atoms with van der Waals surface area (Å²) >= 11 is 0. The smallest absolute Gasteiger partial charge is 0.124 e. The SMILES string of the molecule is CC(NCC1(C(C)C)CC1)c1ccc(O)cc1O. The number of rotatable bonds is 5. The maximum Gasteiger partial charge on any atom is 0.124 e. The van der Waals surface area contributed by atoms with E-state index in [9.17, 15) is 10.2 Å². The zero-order valence-corrected chi connectivity index (χ0v) is 11.4. The first kappa shape index (κ1) is 13.2. The van der Waals surface area contributed by atoms with Crippen LogP contribution in [0.1, 0.15) is 45.2 Å². The topological polar surface area (TPSA) is 52.5 Å². The maximum absolute atomic E-state index is 9.82. The largest absolute Gasteiger partial charge is 0.508 e. The monoisotopic (exact) mass is 249 g/mol. The van der Waals surface area contributed by atoms with Crippen molar-refractivity contribution >= 4 is 0 Å². The fraction of sp³-hybridized carbons (Fsp3) is 0.600. The Morgan fingerprint density at radius 2 is 1.89 bits per heavy atom. The first-order valence-corrected chi connectivity index (χ1v) is 6.70. The van der Waals surface area contributed by atoms with Crippen LogP contribution in [0.5, 0.6) is 11.5 Å². The molecule has 0 bridgehead atoms. The van der Waals surface area contributed by atoms with Gasteiger partial charge < -0.3 is 15.5 Å². The third-order valence-corrected chi connectivity index (χ3v) is 4.36. The van der Waals surface area contributed by atoms with E-state index in [0.29, 0.717) is 11.3 Å². The van der Waals surface area contributed by atoms with Gasteiger partial charge in [0.1, 0.15) is 11.5 Å². The second-order valence-electron chi connectivity index (χ2n) is 5.86. The van der Waals surface area contributed by atoms with Gasteiger partial charge in [0.15, 0.2) is 0 Å². The van der Waals surface area contributed by atoms with E-state index in [1.54, 1.807) is 12.1 Å². The third kappa shape index (κ3) is 2.61. The van der Waals surface area contributed by atoms with Crippen molar-refractivity contribution in [1.29, 1.82) is 0 Å². The summed E-state index contributed by atoms with van der Waals surface area (Å²) in [7, 11) is 0. The quantitative estimate of drug-likeness (QED) is 0.751. The predicted octanol–water partition coefficient (Wildman–Crippen LogP) is 3.18. The minimum absolute atomic E-state index is 0.0989. The summed E-state index contributed by atoms with van der Waals surface area (Å²) in [4.78, 5) is 0. The molecule has 100 valence electrons. The van der Waals surface area contributed by atoms with Crippen LogP contribution in [0.4, 0.5) is 0 Å². The van der Waals surface area contributed by atoms with Crippen LogP contribution in [-0.2, 0) is 0 Å². The van der Waals surface area contributed by atoms with Gasteiger partial charge in [0.25, 0.3) is 0 Å². The van der Waals surface area contributed by atoms with Crippen LogP contribution in [-0.4, -0.2) is 16.8 Å². The molecule has 3 N–H and O–H groups in total. The molecule has 0 aliphatic heterocycles. The Balaban J connectivity index is 1.98. The van der Waals surface area contributed by atoms with Crippen molar-refractivity contribution in [3.63, 3.8) is 0 Å². The number of aromatic hydroxyl groups is 2. The van der Waals surface area contributed by atoms with E-state index in [1.807, 2.05) is 6.92 Å². The number of benzene rings is 1. The summed E-state index contributed by atoms with van der Waals surface area (Å²) in [6, 6.07) is 4.88. The van der Waals surface area contributed by atoms with Crippen molar-refractivity contribution in [2.45, 2.75) is 39.7 Å². The molecule has 1 aliphatic rings. The number of nitrogens with one attached hydrogen (secondary N) is 1. The van der Waals surface area contributed by atoms with Gasteiger partial charge in [0.2, 0.25) is 0 Å². The van der Waals surface area contributed by atoms with Crippen LogP contribution >= 0.6 is 0 Å². The highest BCUT2D eigenvalue weighted by molar-refractivity contribution is 5.40. The lowest BCUT2D eigenvalue weighted by atomic mass is 9.92. The van der Waals surface area contributed by atoms with Gasteiger partial charge in [-0.15, -0.1) is 0 Å². The van der Waals surface area contributed by atoms with Crippen molar-refractivity contribution in [1.82, 2.24) is 5.32 Å². The first-order chi connectivity index (χ1) is 8.44. The maximum atomic E-state index is 9.82. The molecule has 0 heterocycles. The highest BCUT2D eigenvalue weighted by Gasteiger charge is 2.44. The molecule has 1 aliphatic carbocycles. The lowest BCUT2D eigenvalue weighted by Gasteiger charge is -2.23. The highest BCUT2D eigenvalue weighted by Crippen LogP contribution is 2.51. The predicted molar refractivity (Wildman–Crippen MR) is 72.7 cm³/mol. The Morgan fingerprint density at radius 1 is 1.22 bits per heavy atom. The van der Waals surface area contributed by atoms with E-state index in [2.05, 4.69) is 19.2 Å². The van der Waals surface area contributed by atoms with E-state index < -0.39 is 0 Å². The zero-order valence-electron chi connectivity index (χ0n) is 11.4. The zero-order chi connectivity index (χ0) is 13.3. The Bertz CT molecular complexity index is 425. The second kappa shape index (κ2) is 4.81. The van der Waals surface area contributed by atoms with E-state index in [1.165, 1.54) is 18.9 Å². The van der Waals surface area contributed by atoms with Gasteiger partial charge in [-0.05, 0) is 37.2 Å². The molecular formula is C15H23NO2. The van der Waals surface area contributed by atoms with Crippen LogP contribution < -0.4 is 5.32 Å². The molecule has 0 aromatic heterocycles. The minimum atomic E-state index is 0.0989. The summed E-state index contributed by atoms with van der Waals surface area (Å²) in [5, 5.41) is 22.6. The van der Waals surface area contributed by atoms with E-state index in [-0.39, 0.29) is 17.5 Å². The van der Waals surface area contributed by atoms with E-state index in [4.69, 9.17) is 0 Å². The van der Waals surface area contributed by atoms with Gasteiger partial charge in [-0.25, -0.2) is 0 Å². The molecule has 0 spiro atoms. The number of hydrogen-bond acceptors (Lipinski definition) is 3. The van der Waals surface area contributed by atoms with Crippen LogP contribution in [0.25, 0.3) is 0 Å². The molecule has 1 atom stereocenters. The Hall–Kier alpha value is -1.22. The van der Waals surface area contributed by atoms with Crippen molar-refractivity contribution in [3.05, 3.63) is 23.8 Å². The third-order valence-electron chi connectivity index (χ3n) is 4.36. The Kier molecular flexibility index (Phi) is 3.53. The number of hydrogen-bond donors (Lipinski definition) is 3. The van der Waals surface area contributed by atoms with Crippen molar-refractivity contribution in [2.24, 2.45) is 11.3 Å². The van der Waals surface area contributed by atoms with Gasteiger partial charge in [0, 0.05) is 24.2 Å².